The average molecular weight is 1640 g/mol. The molecule has 0 unspecified atom stereocenters. The molecule has 4 saturated heterocycles. The summed E-state index contributed by atoms with van der Waals surface area (Å²) >= 11 is 0. The first-order valence-electron chi connectivity index (χ1n) is 42.4. The number of aromatic nitrogens is 2. The highest BCUT2D eigenvalue weighted by molar-refractivity contribution is 5.23. The van der Waals surface area contributed by atoms with Gasteiger partial charge in [0.25, 0.3) is 0 Å². The molecule has 0 amide bonds. The van der Waals surface area contributed by atoms with Crippen LogP contribution in [0.3, 0.4) is 0 Å². The maximum absolute atomic E-state index is 13.2. The minimum absolute atomic E-state index is 0. The van der Waals surface area contributed by atoms with Crippen LogP contribution in [0.2, 0.25) is 0 Å². The van der Waals surface area contributed by atoms with Gasteiger partial charge >= 0.3 is 0 Å². The fourth-order valence-electron chi connectivity index (χ4n) is 13.4. The Labute approximate surface area is 736 Å². The molecule has 2 aromatic heterocycles. The van der Waals surface area contributed by atoms with Gasteiger partial charge in [-0.25, -0.2) is 8.78 Å². The zero-order valence-corrected chi connectivity index (χ0v) is 73.4. The van der Waals surface area contributed by atoms with Crippen LogP contribution in [0.5, 0.6) is 0 Å². The van der Waals surface area contributed by atoms with Gasteiger partial charge in [-0.1, -0.05) is 371 Å². The van der Waals surface area contributed by atoms with Gasteiger partial charge in [0.05, 0.1) is 0 Å². The van der Waals surface area contributed by atoms with Crippen molar-refractivity contribution in [3.63, 3.8) is 0 Å². The number of likely N-dealkylation sites (tertiary alicyclic amines) is 2. The molecule has 4 aliphatic rings. The van der Waals surface area contributed by atoms with Crippen LogP contribution in [-0.2, 0) is 0 Å². The van der Waals surface area contributed by atoms with Crippen molar-refractivity contribution < 1.29 is 8.78 Å². The summed E-state index contributed by atoms with van der Waals surface area (Å²) in [5.41, 5.74) is 6.94. The molecule has 688 valence electrons. The van der Waals surface area contributed by atoms with Crippen molar-refractivity contribution in [2.45, 2.75) is 398 Å². The van der Waals surface area contributed by atoms with Gasteiger partial charge in [0.15, 0.2) is 0 Å². The molecule has 4 aliphatic heterocycles. The van der Waals surface area contributed by atoms with Crippen LogP contribution in [-0.4, -0.2) is 84.2 Å². The lowest BCUT2D eigenvalue weighted by Gasteiger charge is -2.20. The van der Waals surface area contributed by atoms with Crippen molar-refractivity contribution in [2.75, 3.05) is 40.3 Å². The summed E-state index contributed by atoms with van der Waals surface area (Å²) in [6.45, 7) is 63.0. The zero-order valence-electron chi connectivity index (χ0n) is 73.4. The fourth-order valence-corrected chi connectivity index (χ4v) is 13.4. The van der Waals surface area contributed by atoms with E-state index in [4.69, 9.17) is 0 Å². The molecule has 6 aromatic rings. The van der Waals surface area contributed by atoms with Gasteiger partial charge in [-0.05, 0) is 259 Å². The Kier molecular flexibility index (Phi) is 90.3. The lowest BCUT2D eigenvalue weighted by Crippen LogP contribution is -2.25. The number of hydrogen-bond acceptors (Lipinski definition) is 6. The van der Waals surface area contributed by atoms with Gasteiger partial charge in [0.2, 0.25) is 0 Å². The first-order chi connectivity index (χ1) is 50.1. The molecule has 0 radical (unpaired) electrons. The molecule has 2 N–H and O–H groups in total. The second kappa shape index (κ2) is 78.2. The molecule has 10 atom stereocenters. The highest BCUT2D eigenvalue weighted by Gasteiger charge is 2.23. The van der Waals surface area contributed by atoms with Crippen LogP contribution >= 0.6 is 0 Å². The van der Waals surface area contributed by atoms with Gasteiger partial charge in [-0.2, -0.15) is 0 Å². The third kappa shape index (κ3) is 60.9. The second-order valence-electron chi connectivity index (χ2n) is 35.2. The van der Waals surface area contributed by atoms with Crippen LogP contribution in [0.4, 0.5) is 8.78 Å². The SMILES string of the molecule is C.C.C.C.C.C.C.C.C.C.C.CC(C)C[C@@H]1CCCN1.CC(C)C[C@@H]1CCCN1C.CC(C)C[C@H]1CCCN1.CC(C)C[C@H]1CCCN1C.CC(C)[C@@H](C)c1ccccc1.CC(C)[C@@H](C)c1ccccc1F.CC(C)[C@@H](C)c1ccccn1.CC(C)[C@H](C)c1ccccc1.CC(C)[C@H](C)c1ccccc1F.CC(C)[C@H](C)c1ccccn1. The molecule has 6 heterocycles. The molecule has 0 saturated carbocycles. The van der Waals surface area contributed by atoms with E-state index in [-0.39, 0.29) is 93.3 Å². The molecule has 10 rings (SSSR count). The van der Waals surface area contributed by atoms with E-state index in [2.05, 4.69) is 297 Å². The monoisotopic (exact) mass is 1640 g/mol. The molecule has 4 fully saturated rings. The lowest BCUT2D eigenvalue weighted by molar-refractivity contribution is 0.272. The summed E-state index contributed by atoms with van der Waals surface area (Å²) in [5, 5.41) is 6.98. The Morgan fingerprint density at radius 3 is 0.761 bits per heavy atom. The van der Waals surface area contributed by atoms with E-state index < -0.39 is 0 Å². The fraction of sp³-hybridized carbons (Fsp3) is 0.688. The van der Waals surface area contributed by atoms with E-state index in [0.717, 1.165) is 70.8 Å². The standard InChI is InChI=1S/2C11H15F.2C11H16.2C10H15N.2C9H19N.2C8H17N.11CH4/c2*1-8(2)9(3)10-6-4-5-7-11(10)12;2*1-9(2)10(3)11-7-5-4-6-8-11;2*1-8(2)9(3)10-6-4-5-7-11-10;2*1-8(2)7-9-5-4-6-10(9)3;2*1-7(2)6-8-4-3-5-9-8;;;;;;;;;;;/h2*4-9H,1-3H3;2*4-10H,1-3H3;2*4-9H,1-3H3;2*8-9H,4-7H2,1-3H3;2*7-9H,3-6H2,1-2H3;11*1H4/t2*9-;2*10-;4*9-;2*8-;;;;;;;;;;;/m1010101010.........../s1. The van der Waals surface area contributed by atoms with E-state index >= 15 is 0 Å². The molecule has 8 heteroatoms. The molecule has 6 nitrogen and oxygen atoms in total. The molecule has 0 bridgehead atoms. The molecule has 0 aliphatic carbocycles. The number of pyridine rings is 2. The van der Waals surface area contributed by atoms with E-state index in [9.17, 15) is 8.78 Å². The van der Waals surface area contributed by atoms with Crippen molar-refractivity contribution in [2.24, 2.45) is 59.2 Å². The van der Waals surface area contributed by atoms with E-state index in [1.54, 1.807) is 12.1 Å². The van der Waals surface area contributed by atoms with Gasteiger partial charge in [-0.3, -0.25) is 9.97 Å². The maximum atomic E-state index is 13.2. The zero-order chi connectivity index (χ0) is 79.8. The maximum Gasteiger partial charge on any atom is 0.126 e. The predicted octanol–water partition coefficient (Wildman–Crippen LogP) is 34.6. The van der Waals surface area contributed by atoms with Gasteiger partial charge in [0, 0.05) is 59.8 Å². The van der Waals surface area contributed by atoms with Gasteiger partial charge in [-0.15, -0.1) is 0 Å². The molecule has 4 aromatic carbocycles. The first-order valence-corrected chi connectivity index (χ1v) is 42.4. The summed E-state index contributed by atoms with van der Waals surface area (Å²) in [5.74, 6) is 10.2. The van der Waals surface area contributed by atoms with Crippen molar-refractivity contribution >= 4 is 0 Å². The number of halogens is 2. The van der Waals surface area contributed by atoms with Crippen LogP contribution in [0, 0.1) is 70.8 Å². The third-order valence-corrected chi connectivity index (χ3v) is 22.4. The molecule has 0 spiro atoms. The Morgan fingerprint density at radius 1 is 0.299 bits per heavy atom. The first kappa shape index (κ1) is 135. The van der Waals surface area contributed by atoms with Crippen molar-refractivity contribution in [1.29, 1.82) is 0 Å². The average Bonchev–Trinajstić information content (AvgIpc) is 1.87. The minimum atomic E-state index is -0.0845. The van der Waals surface area contributed by atoms with Gasteiger partial charge in [0.1, 0.15) is 11.6 Å². The number of hydrogen-bond donors (Lipinski definition) is 2. The number of nitrogens with one attached hydrogen (secondary N) is 2. The summed E-state index contributed by atoms with van der Waals surface area (Å²) in [6, 6.07) is 51.0. The number of nitrogens with zero attached hydrogens (tertiary/aromatic N) is 4. The lowest BCUT2D eigenvalue weighted by atomic mass is 9.90. The third-order valence-electron chi connectivity index (χ3n) is 22.4. The number of benzene rings is 4. The largest absolute Gasteiger partial charge is 0.314 e. The van der Waals surface area contributed by atoms with Crippen molar-refractivity contribution in [3.05, 3.63) is 203 Å². The summed E-state index contributed by atoms with van der Waals surface area (Å²) < 4.78 is 26.4. The smallest absolute Gasteiger partial charge is 0.126 e. The highest BCUT2D eigenvalue weighted by Crippen LogP contribution is 2.29. The van der Waals surface area contributed by atoms with Crippen LogP contribution in [0.15, 0.2) is 158 Å². The van der Waals surface area contributed by atoms with Crippen LogP contribution in [0.1, 0.15) is 408 Å². The van der Waals surface area contributed by atoms with Crippen molar-refractivity contribution in [3.8, 4) is 0 Å². The minimum Gasteiger partial charge on any atom is -0.314 e. The normalized spacial score (nSPS) is 16.9. The Hall–Kier alpha value is -5.12. The Balaban J connectivity index is -0.000000117. The Bertz CT molecular complexity index is 2670. The molecule has 117 heavy (non-hydrogen) atoms. The van der Waals surface area contributed by atoms with E-state index in [0.29, 0.717) is 59.2 Å². The van der Waals surface area contributed by atoms with Crippen LogP contribution in [0.25, 0.3) is 0 Å². The second-order valence-corrected chi connectivity index (χ2v) is 35.2. The summed E-state index contributed by atoms with van der Waals surface area (Å²) in [6.07, 6.45) is 20.5. The number of rotatable bonds is 20. The topological polar surface area (TPSA) is 56.3 Å². The highest BCUT2D eigenvalue weighted by atomic mass is 19.1. The van der Waals surface area contributed by atoms with E-state index in [1.807, 2.05) is 60.9 Å². The Morgan fingerprint density at radius 2 is 0.556 bits per heavy atom. The molecular weight excluding hydrogens is 1430 g/mol. The van der Waals surface area contributed by atoms with Crippen molar-refractivity contribution in [1.82, 2.24) is 30.4 Å². The summed E-state index contributed by atoms with van der Waals surface area (Å²) in [4.78, 5) is 13.6. The van der Waals surface area contributed by atoms with E-state index in [1.165, 1.54) is 138 Å². The predicted molar refractivity (Wildman–Crippen MR) is 539 cm³/mol. The molecular formula is C109H208F2N6. The van der Waals surface area contributed by atoms with Gasteiger partial charge < -0.3 is 20.4 Å². The summed E-state index contributed by atoms with van der Waals surface area (Å²) in [7, 11) is 4.50. The van der Waals surface area contributed by atoms with Crippen LogP contribution < -0.4 is 10.6 Å². The quantitative estimate of drug-likeness (QED) is 0.0794.